The number of H-pyrrole nitrogens is 1. The lowest BCUT2D eigenvalue weighted by atomic mass is 10.2. The van der Waals surface area contributed by atoms with Gasteiger partial charge in [-0.1, -0.05) is 11.6 Å². The van der Waals surface area contributed by atoms with Crippen LogP contribution in [0.4, 0.5) is 24.8 Å². The topological polar surface area (TPSA) is 70.6 Å². The summed E-state index contributed by atoms with van der Waals surface area (Å²) in [7, 11) is 1.65. The molecule has 0 aliphatic carbocycles. The Kier molecular flexibility index (Phi) is 4.83. The van der Waals surface area contributed by atoms with Gasteiger partial charge in [-0.3, -0.25) is 0 Å². The normalized spacial score (nSPS) is 11.6. The van der Waals surface area contributed by atoms with Crippen molar-refractivity contribution in [3.8, 4) is 0 Å². The van der Waals surface area contributed by atoms with Gasteiger partial charge >= 0.3 is 6.18 Å². The van der Waals surface area contributed by atoms with E-state index < -0.39 is 11.7 Å². The molecule has 0 bridgehead atoms. The van der Waals surface area contributed by atoms with Crippen LogP contribution in [0.15, 0.2) is 36.7 Å². The molecule has 0 amide bonds. The SMILES string of the molecule is CNn1c(Nc2c[nH]c3ncc(Cl)cc23)nc2cc(C(F)(F)F)ccc21.Cl. The van der Waals surface area contributed by atoms with E-state index in [1.807, 2.05) is 0 Å². The van der Waals surface area contributed by atoms with Gasteiger partial charge in [0.05, 0.1) is 27.3 Å². The van der Waals surface area contributed by atoms with E-state index in [0.29, 0.717) is 27.8 Å². The second-order valence-electron chi connectivity index (χ2n) is 5.57. The molecule has 4 rings (SSSR count). The summed E-state index contributed by atoms with van der Waals surface area (Å²) in [6.45, 7) is 0. The maximum Gasteiger partial charge on any atom is 0.416 e. The lowest BCUT2D eigenvalue weighted by Crippen LogP contribution is -2.12. The number of alkyl halides is 3. The molecule has 27 heavy (non-hydrogen) atoms. The van der Waals surface area contributed by atoms with Crippen molar-refractivity contribution in [1.82, 2.24) is 19.6 Å². The van der Waals surface area contributed by atoms with Crippen molar-refractivity contribution in [3.63, 3.8) is 0 Å². The maximum absolute atomic E-state index is 12.9. The Labute approximate surface area is 162 Å². The number of fused-ring (bicyclic) bond motifs is 2. The molecule has 0 spiro atoms. The number of nitrogens with one attached hydrogen (secondary N) is 3. The van der Waals surface area contributed by atoms with E-state index in [1.54, 1.807) is 24.0 Å². The minimum atomic E-state index is -4.43. The van der Waals surface area contributed by atoms with Gasteiger partial charge in [0.15, 0.2) is 0 Å². The van der Waals surface area contributed by atoms with Gasteiger partial charge in [0.25, 0.3) is 0 Å². The van der Waals surface area contributed by atoms with Crippen LogP contribution in [0, 0.1) is 0 Å². The van der Waals surface area contributed by atoms with E-state index in [1.165, 1.54) is 12.3 Å². The van der Waals surface area contributed by atoms with Crippen molar-refractivity contribution in [2.45, 2.75) is 6.18 Å². The van der Waals surface area contributed by atoms with Gasteiger partial charge in [-0.25, -0.2) is 14.6 Å². The summed E-state index contributed by atoms with van der Waals surface area (Å²) in [5.74, 6) is 0.336. The molecular weight excluding hydrogens is 404 g/mol. The lowest BCUT2D eigenvalue weighted by Gasteiger charge is -2.09. The Bertz CT molecular complexity index is 1120. The van der Waals surface area contributed by atoms with Crippen LogP contribution >= 0.6 is 24.0 Å². The zero-order valence-corrected chi connectivity index (χ0v) is 15.3. The monoisotopic (exact) mass is 416 g/mol. The first-order valence-corrected chi connectivity index (χ1v) is 7.92. The molecule has 3 heterocycles. The molecule has 142 valence electrons. The summed E-state index contributed by atoms with van der Waals surface area (Å²) in [5, 5.41) is 4.31. The van der Waals surface area contributed by atoms with E-state index in [9.17, 15) is 13.2 Å². The van der Waals surface area contributed by atoms with Gasteiger partial charge < -0.3 is 15.7 Å². The predicted octanol–water partition coefficient (Wildman–Crippen LogP) is 4.92. The van der Waals surface area contributed by atoms with Crippen LogP contribution < -0.4 is 10.7 Å². The summed E-state index contributed by atoms with van der Waals surface area (Å²) in [6, 6.07) is 5.15. The number of anilines is 2. The molecule has 0 aliphatic heterocycles. The molecule has 0 saturated carbocycles. The predicted molar refractivity (Wildman–Crippen MR) is 102 cm³/mol. The number of aromatic nitrogens is 4. The van der Waals surface area contributed by atoms with Gasteiger partial charge in [-0.15, -0.1) is 12.4 Å². The van der Waals surface area contributed by atoms with Crippen LogP contribution in [0.3, 0.4) is 0 Å². The average Bonchev–Trinajstić information content (AvgIpc) is 3.14. The number of hydrogen-bond donors (Lipinski definition) is 3. The molecule has 3 N–H and O–H groups in total. The highest BCUT2D eigenvalue weighted by Gasteiger charge is 2.31. The highest BCUT2D eigenvalue weighted by Crippen LogP contribution is 2.33. The molecule has 11 heteroatoms. The average molecular weight is 417 g/mol. The quantitative estimate of drug-likeness (QED) is 0.443. The minimum Gasteiger partial charge on any atom is -0.344 e. The molecule has 0 atom stereocenters. The number of imidazole rings is 1. The Balaban J connectivity index is 0.00000210. The Hall–Kier alpha value is -2.65. The number of pyridine rings is 1. The van der Waals surface area contributed by atoms with Crippen LogP contribution in [-0.4, -0.2) is 26.7 Å². The molecule has 0 saturated heterocycles. The molecule has 1 aromatic carbocycles. The fourth-order valence-corrected chi connectivity index (χ4v) is 2.93. The standard InChI is InChI=1S/C16H12ClF3N6.ClH/c1-21-26-13-3-2-8(16(18,19)20)4-11(13)24-15(26)25-12-7-23-14-10(12)5-9(17)6-22-14;/h2-7,21H,1H3,(H,22,23)(H,24,25);1H. The molecule has 4 aromatic rings. The van der Waals surface area contributed by atoms with Crippen molar-refractivity contribution in [1.29, 1.82) is 0 Å². The van der Waals surface area contributed by atoms with Crippen LogP contribution in [-0.2, 0) is 6.18 Å². The highest BCUT2D eigenvalue weighted by atomic mass is 35.5. The first-order valence-electron chi connectivity index (χ1n) is 7.54. The second kappa shape index (κ2) is 6.82. The van der Waals surface area contributed by atoms with Crippen molar-refractivity contribution in [2.24, 2.45) is 0 Å². The Morgan fingerprint density at radius 3 is 2.70 bits per heavy atom. The summed E-state index contributed by atoms with van der Waals surface area (Å²) >= 11 is 5.99. The number of hydrogen-bond acceptors (Lipinski definition) is 4. The molecule has 0 radical (unpaired) electrons. The Morgan fingerprint density at radius 1 is 1.22 bits per heavy atom. The minimum absolute atomic E-state index is 0. The van der Waals surface area contributed by atoms with Crippen LogP contribution in [0.1, 0.15) is 5.56 Å². The van der Waals surface area contributed by atoms with Crippen molar-refractivity contribution < 1.29 is 13.2 Å². The number of benzene rings is 1. The molecule has 6 nitrogen and oxygen atoms in total. The van der Waals surface area contributed by atoms with Crippen LogP contribution in [0.25, 0.3) is 22.1 Å². The van der Waals surface area contributed by atoms with E-state index in [4.69, 9.17) is 11.6 Å². The first-order chi connectivity index (χ1) is 12.4. The van der Waals surface area contributed by atoms with Crippen molar-refractivity contribution in [3.05, 3.63) is 47.2 Å². The third-order valence-electron chi connectivity index (χ3n) is 3.95. The van der Waals surface area contributed by atoms with E-state index in [2.05, 4.69) is 25.7 Å². The number of rotatable bonds is 3. The Morgan fingerprint density at radius 2 is 2.00 bits per heavy atom. The van der Waals surface area contributed by atoms with Crippen LogP contribution in [0.2, 0.25) is 5.02 Å². The second-order valence-corrected chi connectivity index (χ2v) is 6.01. The van der Waals surface area contributed by atoms with E-state index in [-0.39, 0.29) is 17.9 Å². The molecule has 0 fully saturated rings. The zero-order valence-electron chi connectivity index (χ0n) is 13.7. The van der Waals surface area contributed by atoms with E-state index >= 15 is 0 Å². The third-order valence-corrected chi connectivity index (χ3v) is 4.16. The molecular formula is C16H13Cl2F3N6. The smallest absolute Gasteiger partial charge is 0.344 e. The number of aromatic amines is 1. The van der Waals surface area contributed by atoms with Gasteiger partial charge in [-0.05, 0) is 24.3 Å². The third kappa shape index (κ3) is 3.35. The van der Waals surface area contributed by atoms with Crippen LogP contribution in [0.5, 0.6) is 0 Å². The fourth-order valence-electron chi connectivity index (χ4n) is 2.77. The maximum atomic E-state index is 12.9. The number of halogens is 5. The van der Waals surface area contributed by atoms with Gasteiger partial charge in [0.2, 0.25) is 5.95 Å². The molecule has 0 aliphatic rings. The summed E-state index contributed by atoms with van der Waals surface area (Å²) < 4.78 is 40.4. The summed E-state index contributed by atoms with van der Waals surface area (Å²) in [6.07, 6.45) is -1.22. The van der Waals surface area contributed by atoms with Gasteiger partial charge in [-0.2, -0.15) is 13.2 Å². The van der Waals surface area contributed by atoms with Gasteiger partial charge in [0.1, 0.15) is 5.65 Å². The zero-order chi connectivity index (χ0) is 18.5. The largest absolute Gasteiger partial charge is 0.416 e. The lowest BCUT2D eigenvalue weighted by molar-refractivity contribution is -0.137. The first kappa shape index (κ1) is 19.1. The van der Waals surface area contributed by atoms with Gasteiger partial charge in [0, 0.05) is 24.8 Å². The highest BCUT2D eigenvalue weighted by molar-refractivity contribution is 6.31. The molecule has 0 unspecified atom stereocenters. The van der Waals surface area contributed by atoms with Crippen molar-refractivity contribution in [2.75, 3.05) is 17.8 Å². The molecule has 3 aromatic heterocycles. The number of nitrogens with zero attached hydrogens (tertiary/aromatic N) is 3. The summed E-state index contributed by atoms with van der Waals surface area (Å²) in [4.78, 5) is 11.5. The van der Waals surface area contributed by atoms with Crippen molar-refractivity contribution >= 4 is 57.7 Å². The summed E-state index contributed by atoms with van der Waals surface area (Å²) in [5.41, 5.74) is 4.16. The van der Waals surface area contributed by atoms with E-state index in [0.717, 1.165) is 17.5 Å². The fraction of sp³-hybridized carbons (Fsp3) is 0.125.